The quantitative estimate of drug-likeness (QED) is 0.647. The van der Waals surface area contributed by atoms with Crippen LogP contribution in [0, 0.1) is 6.92 Å². The summed E-state index contributed by atoms with van der Waals surface area (Å²) in [7, 11) is 3.66. The van der Waals surface area contributed by atoms with Crippen molar-refractivity contribution in [2.45, 2.75) is 34.1 Å². The Morgan fingerprint density at radius 1 is 1.53 bits per heavy atom. The lowest BCUT2D eigenvalue weighted by atomic mass is 10.3. The van der Waals surface area contributed by atoms with E-state index in [1.807, 2.05) is 40.1 Å². The SMILES string of the molecule is CC.CC/C=C(/NC)C(=NC)n1ccc(C)n1. The molecule has 1 rings (SSSR count). The van der Waals surface area contributed by atoms with E-state index in [2.05, 4.69) is 28.4 Å². The van der Waals surface area contributed by atoms with Crippen molar-refractivity contribution in [3.05, 3.63) is 29.7 Å². The van der Waals surface area contributed by atoms with Gasteiger partial charge in [-0.25, -0.2) is 4.68 Å². The van der Waals surface area contributed by atoms with Crippen LogP contribution in [-0.2, 0) is 0 Å². The zero-order valence-corrected chi connectivity index (χ0v) is 11.8. The summed E-state index contributed by atoms with van der Waals surface area (Å²) in [5.74, 6) is 0.840. The molecule has 0 aliphatic heterocycles. The van der Waals surface area contributed by atoms with E-state index >= 15 is 0 Å². The molecule has 0 saturated carbocycles. The summed E-state index contributed by atoms with van der Waals surface area (Å²) in [5.41, 5.74) is 1.99. The third-order valence-corrected chi connectivity index (χ3v) is 2.07. The number of aromatic nitrogens is 2. The number of likely N-dealkylation sites (N-methyl/N-ethyl adjacent to an activating group) is 1. The smallest absolute Gasteiger partial charge is 0.171 e. The normalized spacial score (nSPS) is 11.9. The topological polar surface area (TPSA) is 42.2 Å². The molecule has 1 heterocycles. The number of rotatable bonds is 3. The minimum absolute atomic E-state index is 0.840. The van der Waals surface area contributed by atoms with Crippen LogP contribution < -0.4 is 5.32 Å². The molecule has 0 amide bonds. The molecule has 0 aliphatic carbocycles. The van der Waals surface area contributed by atoms with Gasteiger partial charge in [0.15, 0.2) is 5.84 Å². The monoisotopic (exact) mass is 236 g/mol. The van der Waals surface area contributed by atoms with Gasteiger partial charge in [0.05, 0.1) is 11.4 Å². The molecular weight excluding hydrogens is 212 g/mol. The molecule has 0 aromatic carbocycles. The number of allylic oxidation sites excluding steroid dienone is 2. The highest BCUT2D eigenvalue weighted by Crippen LogP contribution is 2.01. The van der Waals surface area contributed by atoms with Crippen LogP contribution in [0.3, 0.4) is 0 Å². The van der Waals surface area contributed by atoms with Crippen molar-refractivity contribution in [1.82, 2.24) is 15.1 Å². The van der Waals surface area contributed by atoms with Gasteiger partial charge >= 0.3 is 0 Å². The van der Waals surface area contributed by atoms with Gasteiger partial charge in [-0.15, -0.1) is 0 Å². The molecule has 4 nitrogen and oxygen atoms in total. The highest BCUT2D eigenvalue weighted by atomic mass is 15.3. The Bertz CT molecular complexity index is 375. The molecule has 1 N–H and O–H groups in total. The highest BCUT2D eigenvalue weighted by Gasteiger charge is 2.07. The molecule has 0 unspecified atom stereocenters. The Kier molecular flexibility index (Phi) is 7.76. The van der Waals surface area contributed by atoms with Crippen LogP contribution in [0.5, 0.6) is 0 Å². The van der Waals surface area contributed by atoms with Crippen LogP contribution in [0.15, 0.2) is 29.0 Å². The Morgan fingerprint density at radius 3 is 2.53 bits per heavy atom. The van der Waals surface area contributed by atoms with Gasteiger partial charge in [0.2, 0.25) is 0 Å². The van der Waals surface area contributed by atoms with Crippen LogP contribution in [0.1, 0.15) is 32.9 Å². The van der Waals surface area contributed by atoms with Crippen molar-refractivity contribution in [2.24, 2.45) is 4.99 Å². The van der Waals surface area contributed by atoms with Crippen LogP contribution in [0.2, 0.25) is 0 Å². The molecule has 0 spiro atoms. The van der Waals surface area contributed by atoms with E-state index in [1.54, 1.807) is 11.7 Å². The van der Waals surface area contributed by atoms with Gasteiger partial charge in [-0.3, -0.25) is 4.99 Å². The molecule has 17 heavy (non-hydrogen) atoms. The summed E-state index contributed by atoms with van der Waals surface area (Å²) >= 11 is 0. The fourth-order valence-corrected chi connectivity index (χ4v) is 1.39. The van der Waals surface area contributed by atoms with Crippen LogP contribution in [-0.4, -0.2) is 29.7 Å². The molecule has 0 radical (unpaired) electrons. The van der Waals surface area contributed by atoms with Crippen LogP contribution in [0.25, 0.3) is 0 Å². The van der Waals surface area contributed by atoms with E-state index in [9.17, 15) is 0 Å². The number of aliphatic imine (C=N–C) groups is 1. The minimum atomic E-state index is 0.840. The van der Waals surface area contributed by atoms with Crippen LogP contribution in [0.4, 0.5) is 0 Å². The van der Waals surface area contributed by atoms with Crippen molar-refractivity contribution in [1.29, 1.82) is 0 Å². The number of aryl methyl sites for hydroxylation is 1. The van der Waals surface area contributed by atoms with E-state index in [1.165, 1.54) is 0 Å². The Balaban J connectivity index is 0.00000121. The summed E-state index contributed by atoms with van der Waals surface area (Å²) in [6.07, 6.45) is 4.98. The van der Waals surface area contributed by atoms with E-state index in [4.69, 9.17) is 0 Å². The van der Waals surface area contributed by atoms with Gasteiger partial charge < -0.3 is 5.32 Å². The molecule has 0 bridgehead atoms. The maximum Gasteiger partial charge on any atom is 0.171 e. The second kappa shape index (κ2) is 8.56. The fraction of sp³-hybridized carbons (Fsp3) is 0.538. The predicted octanol–water partition coefficient (Wildman–Crippen LogP) is 2.61. The highest BCUT2D eigenvalue weighted by molar-refractivity contribution is 5.98. The number of hydrogen-bond acceptors (Lipinski definition) is 3. The first-order chi connectivity index (χ1) is 8.22. The van der Waals surface area contributed by atoms with Gasteiger partial charge in [-0.1, -0.05) is 26.8 Å². The first-order valence-electron chi connectivity index (χ1n) is 6.10. The molecule has 96 valence electrons. The summed E-state index contributed by atoms with van der Waals surface area (Å²) in [6.45, 7) is 8.06. The lowest BCUT2D eigenvalue weighted by molar-refractivity contribution is 0.881. The molecule has 0 saturated heterocycles. The zero-order valence-electron chi connectivity index (χ0n) is 11.8. The lowest BCUT2D eigenvalue weighted by Crippen LogP contribution is -2.23. The van der Waals surface area contributed by atoms with E-state index in [0.717, 1.165) is 23.6 Å². The third-order valence-electron chi connectivity index (χ3n) is 2.07. The van der Waals surface area contributed by atoms with Crippen LogP contribution >= 0.6 is 0 Å². The molecule has 1 aromatic rings. The van der Waals surface area contributed by atoms with Gasteiger partial charge in [0.1, 0.15) is 0 Å². The second-order valence-corrected chi connectivity index (χ2v) is 3.22. The zero-order chi connectivity index (χ0) is 13.3. The van der Waals surface area contributed by atoms with Gasteiger partial charge in [0.25, 0.3) is 0 Å². The second-order valence-electron chi connectivity index (χ2n) is 3.22. The van der Waals surface area contributed by atoms with E-state index < -0.39 is 0 Å². The number of nitrogens with zero attached hydrogens (tertiary/aromatic N) is 3. The van der Waals surface area contributed by atoms with Gasteiger partial charge in [0, 0.05) is 20.3 Å². The number of hydrogen-bond donors (Lipinski definition) is 1. The average Bonchev–Trinajstić information content (AvgIpc) is 2.78. The van der Waals surface area contributed by atoms with Crippen molar-refractivity contribution in [3.8, 4) is 0 Å². The minimum Gasteiger partial charge on any atom is -0.385 e. The third kappa shape index (κ3) is 4.43. The Hall–Kier alpha value is -1.58. The molecule has 4 heteroatoms. The van der Waals surface area contributed by atoms with E-state index in [-0.39, 0.29) is 0 Å². The molecule has 0 atom stereocenters. The summed E-state index contributed by atoms with van der Waals surface area (Å²) < 4.78 is 1.79. The summed E-state index contributed by atoms with van der Waals surface area (Å²) in [6, 6.07) is 1.96. The molecule has 0 aliphatic rings. The Labute approximate surface area is 104 Å². The van der Waals surface area contributed by atoms with Crippen molar-refractivity contribution in [3.63, 3.8) is 0 Å². The van der Waals surface area contributed by atoms with E-state index in [0.29, 0.717) is 0 Å². The lowest BCUT2D eigenvalue weighted by Gasteiger charge is -2.09. The fourth-order valence-electron chi connectivity index (χ4n) is 1.39. The molecule has 0 fully saturated rings. The molecular formula is C13H24N4. The average molecular weight is 236 g/mol. The van der Waals surface area contributed by atoms with Crippen molar-refractivity contribution < 1.29 is 0 Å². The maximum atomic E-state index is 4.34. The molecule has 1 aromatic heterocycles. The van der Waals surface area contributed by atoms with Crippen molar-refractivity contribution in [2.75, 3.05) is 14.1 Å². The first-order valence-corrected chi connectivity index (χ1v) is 6.10. The standard InChI is InChI=1S/C11H18N4.C2H6/c1-5-6-10(12-3)11(13-4)15-8-7-9(2)14-15;1-2/h6-8,12H,5H2,1-4H3;1-2H3/b10-6+,13-11?;. The summed E-state index contributed by atoms with van der Waals surface area (Å²) in [4.78, 5) is 4.25. The predicted molar refractivity (Wildman–Crippen MR) is 74.5 cm³/mol. The Morgan fingerprint density at radius 2 is 2.18 bits per heavy atom. The van der Waals surface area contributed by atoms with Gasteiger partial charge in [-0.2, -0.15) is 5.10 Å². The summed E-state index contributed by atoms with van der Waals surface area (Å²) in [5, 5.41) is 7.47. The first kappa shape index (κ1) is 15.4. The van der Waals surface area contributed by atoms with Gasteiger partial charge in [-0.05, 0) is 19.4 Å². The van der Waals surface area contributed by atoms with Crippen molar-refractivity contribution >= 4 is 5.84 Å². The maximum absolute atomic E-state index is 4.34. The largest absolute Gasteiger partial charge is 0.385 e. The number of nitrogens with one attached hydrogen (secondary N) is 1.